The molecular weight excluding hydrogens is 340 g/mol. The van der Waals surface area contributed by atoms with Crippen molar-refractivity contribution in [1.29, 1.82) is 0 Å². The molecule has 0 aromatic heterocycles. The minimum atomic E-state index is -2.37. The predicted octanol–water partition coefficient (Wildman–Crippen LogP) is 0.527. The first kappa shape index (κ1) is 21.8. The second-order valence-electron chi connectivity index (χ2n) is 5.26. The molecule has 0 aromatic carbocycles. The van der Waals surface area contributed by atoms with Crippen LogP contribution in [0.4, 0.5) is 0 Å². The minimum Gasteiger partial charge on any atom is -0.481 e. The van der Waals surface area contributed by atoms with Gasteiger partial charge in [-0.1, -0.05) is 12.7 Å². The van der Waals surface area contributed by atoms with Crippen LogP contribution in [0.15, 0.2) is 23.8 Å². The molecular formula is C15H18O10. The van der Waals surface area contributed by atoms with Crippen LogP contribution in [0, 0.1) is 5.41 Å². The Morgan fingerprint density at radius 3 is 1.92 bits per heavy atom. The lowest BCUT2D eigenvalue weighted by molar-refractivity contribution is -0.159. The molecule has 0 fully saturated rings. The highest BCUT2D eigenvalue weighted by atomic mass is 16.5. The highest BCUT2D eigenvalue weighted by Gasteiger charge is 2.41. The Labute approximate surface area is 142 Å². The van der Waals surface area contributed by atoms with E-state index in [4.69, 9.17) is 20.1 Å². The molecule has 0 saturated heterocycles. The Balaban J connectivity index is 5.90. The van der Waals surface area contributed by atoms with Gasteiger partial charge in [-0.3, -0.25) is 14.4 Å². The summed E-state index contributed by atoms with van der Waals surface area (Å²) in [4.78, 5) is 55.9. The van der Waals surface area contributed by atoms with Crippen LogP contribution in [0.1, 0.15) is 26.2 Å². The van der Waals surface area contributed by atoms with Gasteiger partial charge in [-0.2, -0.15) is 0 Å². The fraction of sp³-hybridized carbons (Fsp3) is 0.400. The van der Waals surface area contributed by atoms with Crippen LogP contribution in [-0.2, 0) is 28.7 Å². The number of aliphatic carboxylic acids is 4. The van der Waals surface area contributed by atoms with E-state index in [0.717, 1.165) is 0 Å². The number of rotatable bonds is 11. The zero-order valence-electron chi connectivity index (χ0n) is 13.4. The molecule has 138 valence electrons. The van der Waals surface area contributed by atoms with E-state index in [1.807, 2.05) is 0 Å². The van der Waals surface area contributed by atoms with Crippen LogP contribution in [0.25, 0.3) is 0 Å². The van der Waals surface area contributed by atoms with Crippen molar-refractivity contribution in [2.24, 2.45) is 5.41 Å². The molecule has 1 unspecified atom stereocenters. The second kappa shape index (κ2) is 9.21. The van der Waals surface area contributed by atoms with Crippen molar-refractivity contribution in [3.63, 3.8) is 0 Å². The molecule has 25 heavy (non-hydrogen) atoms. The summed E-state index contributed by atoms with van der Waals surface area (Å²) in [6, 6.07) is 0. The number of carbonyl (C=O) groups is 5. The molecule has 0 aliphatic carbocycles. The largest absolute Gasteiger partial charge is 0.481 e. The number of hydrogen-bond acceptors (Lipinski definition) is 6. The van der Waals surface area contributed by atoms with E-state index in [1.54, 1.807) is 0 Å². The fourth-order valence-corrected chi connectivity index (χ4v) is 1.75. The first-order valence-electron chi connectivity index (χ1n) is 6.86. The standard InChI is InChI=1S/C15H18O10/c1-8(2)13(22)25-7-15(14(23)24,6-11(18)19)5-9(12(20)21)3-4-10(16)17/h5H,1,3-4,6-7H2,2H3,(H,16,17)(H,18,19)(H,20,21)(H,23,24). The molecule has 0 radical (unpaired) electrons. The number of carboxylic acids is 4. The Morgan fingerprint density at radius 1 is 1.00 bits per heavy atom. The number of carbonyl (C=O) groups excluding carboxylic acids is 1. The molecule has 10 nitrogen and oxygen atoms in total. The summed E-state index contributed by atoms with van der Waals surface area (Å²) in [6.45, 7) is 3.62. The Bertz CT molecular complexity index is 630. The molecule has 1 atom stereocenters. The van der Waals surface area contributed by atoms with Gasteiger partial charge in [-0.25, -0.2) is 9.59 Å². The van der Waals surface area contributed by atoms with Gasteiger partial charge in [0.1, 0.15) is 12.0 Å². The van der Waals surface area contributed by atoms with E-state index in [1.165, 1.54) is 6.92 Å². The second-order valence-corrected chi connectivity index (χ2v) is 5.26. The molecule has 0 saturated carbocycles. The SMILES string of the molecule is C=C(C)C(=O)OCC(C=C(CCC(=O)O)C(=O)O)(CC(=O)O)C(=O)O. The van der Waals surface area contributed by atoms with Crippen LogP contribution in [-0.4, -0.2) is 56.9 Å². The van der Waals surface area contributed by atoms with Gasteiger partial charge in [0.15, 0.2) is 0 Å². The summed E-state index contributed by atoms with van der Waals surface area (Å²) >= 11 is 0. The maximum atomic E-state index is 11.6. The van der Waals surface area contributed by atoms with Crippen molar-refractivity contribution in [3.05, 3.63) is 23.8 Å². The van der Waals surface area contributed by atoms with E-state index >= 15 is 0 Å². The van der Waals surface area contributed by atoms with Gasteiger partial charge >= 0.3 is 29.8 Å². The Hall–Kier alpha value is -3.17. The number of esters is 1. The third-order valence-electron chi connectivity index (χ3n) is 3.04. The monoisotopic (exact) mass is 358 g/mol. The van der Waals surface area contributed by atoms with Crippen molar-refractivity contribution < 1.29 is 49.1 Å². The average Bonchev–Trinajstić information content (AvgIpc) is 2.46. The van der Waals surface area contributed by atoms with Gasteiger partial charge in [-0.15, -0.1) is 0 Å². The lowest BCUT2D eigenvalue weighted by Crippen LogP contribution is -2.38. The molecule has 0 bridgehead atoms. The van der Waals surface area contributed by atoms with Crippen LogP contribution < -0.4 is 0 Å². The van der Waals surface area contributed by atoms with Gasteiger partial charge in [0.05, 0.1) is 6.42 Å². The average molecular weight is 358 g/mol. The summed E-state index contributed by atoms with van der Waals surface area (Å²) < 4.78 is 4.70. The van der Waals surface area contributed by atoms with Crippen molar-refractivity contribution in [2.45, 2.75) is 26.2 Å². The Kier molecular flexibility index (Phi) is 8.04. The first-order valence-corrected chi connectivity index (χ1v) is 6.86. The normalized spacial score (nSPS) is 13.4. The van der Waals surface area contributed by atoms with Gasteiger partial charge in [0.2, 0.25) is 0 Å². The minimum absolute atomic E-state index is 0.0667. The van der Waals surface area contributed by atoms with Gasteiger partial charge < -0.3 is 25.2 Å². The summed E-state index contributed by atoms with van der Waals surface area (Å²) in [6.07, 6.45) is -1.60. The number of ether oxygens (including phenoxy) is 1. The molecule has 10 heteroatoms. The van der Waals surface area contributed by atoms with Crippen LogP contribution in [0.3, 0.4) is 0 Å². The third-order valence-corrected chi connectivity index (χ3v) is 3.04. The molecule has 0 aliphatic heterocycles. The summed E-state index contributed by atoms with van der Waals surface area (Å²) in [5, 5.41) is 36.1. The molecule has 4 N–H and O–H groups in total. The van der Waals surface area contributed by atoms with Crippen LogP contribution >= 0.6 is 0 Å². The quantitative estimate of drug-likeness (QED) is 0.301. The zero-order valence-corrected chi connectivity index (χ0v) is 13.4. The first-order chi connectivity index (χ1) is 11.4. The van der Waals surface area contributed by atoms with E-state index < -0.39 is 66.7 Å². The third kappa shape index (κ3) is 7.29. The van der Waals surface area contributed by atoms with Crippen molar-refractivity contribution in [3.8, 4) is 0 Å². The van der Waals surface area contributed by atoms with Crippen LogP contribution in [0.2, 0.25) is 0 Å². The lowest BCUT2D eigenvalue weighted by atomic mass is 9.82. The summed E-state index contributed by atoms with van der Waals surface area (Å²) in [5.74, 6) is -7.22. The molecule has 0 aliphatic rings. The van der Waals surface area contributed by atoms with E-state index in [-0.39, 0.29) is 5.57 Å². The number of carboxylic acid groups (broad SMARTS) is 4. The highest BCUT2D eigenvalue weighted by Crippen LogP contribution is 2.29. The molecule has 0 heterocycles. The van der Waals surface area contributed by atoms with Crippen molar-refractivity contribution >= 4 is 29.8 Å². The van der Waals surface area contributed by atoms with E-state index in [9.17, 15) is 29.1 Å². The lowest BCUT2D eigenvalue weighted by Gasteiger charge is -2.25. The zero-order chi connectivity index (χ0) is 19.8. The maximum absolute atomic E-state index is 11.6. The topological polar surface area (TPSA) is 176 Å². The molecule has 0 spiro atoms. The van der Waals surface area contributed by atoms with Crippen molar-refractivity contribution in [1.82, 2.24) is 0 Å². The predicted molar refractivity (Wildman–Crippen MR) is 80.7 cm³/mol. The summed E-state index contributed by atoms with van der Waals surface area (Å²) in [5.41, 5.74) is -3.05. The van der Waals surface area contributed by atoms with E-state index in [2.05, 4.69) is 6.58 Å². The smallest absolute Gasteiger partial charge is 0.333 e. The van der Waals surface area contributed by atoms with Crippen LogP contribution in [0.5, 0.6) is 0 Å². The van der Waals surface area contributed by atoms with Crippen molar-refractivity contribution in [2.75, 3.05) is 6.61 Å². The van der Waals surface area contributed by atoms with E-state index in [0.29, 0.717) is 6.08 Å². The number of hydrogen-bond donors (Lipinski definition) is 4. The molecule has 0 rings (SSSR count). The maximum Gasteiger partial charge on any atom is 0.333 e. The highest BCUT2D eigenvalue weighted by molar-refractivity contribution is 5.91. The van der Waals surface area contributed by atoms with Gasteiger partial charge in [-0.05, 0) is 13.3 Å². The Morgan fingerprint density at radius 2 is 1.56 bits per heavy atom. The molecule has 0 aromatic rings. The van der Waals surface area contributed by atoms with Gasteiger partial charge in [0.25, 0.3) is 0 Å². The fourth-order valence-electron chi connectivity index (χ4n) is 1.75. The molecule has 0 amide bonds. The van der Waals surface area contributed by atoms with Gasteiger partial charge in [0, 0.05) is 17.6 Å². The summed E-state index contributed by atoms with van der Waals surface area (Å²) in [7, 11) is 0.